The number of nitrogens with one attached hydrogen (secondary N) is 4. The molecule has 39 heavy (non-hydrogen) atoms. The number of nitrogens with zero attached hydrogens (tertiary/aromatic N) is 3. The van der Waals surface area contributed by atoms with E-state index in [9.17, 15) is 14.4 Å². The van der Waals surface area contributed by atoms with Crippen LogP contribution in [0, 0.1) is 5.92 Å². The van der Waals surface area contributed by atoms with Crippen LogP contribution >= 0.6 is 0 Å². The van der Waals surface area contributed by atoms with E-state index in [1.54, 1.807) is 41.1 Å². The summed E-state index contributed by atoms with van der Waals surface area (Å²) in [6.07, 6.45) is 1.85. The van der Waals surface area contributed by atoms with Gasteiger partial charge >= 0.3 is 0 Å². The van der Waals surface area contributed by atoms with Crippen molar-refractivity contribution < 1.29 is 14.4 Å². The first kappa shape index (κ1) is 28.6. The van der Waals surface area contributed by atoms with E-state index in [1.807, 2.05) is 13.8 Å². The van der Waals surface area contributed by atoms with Crippen LogP contribution < -0.4 is 38.9 Å². The van der Waals surface area contributed by atoms with Crippen LogP contribution in [0.15, 0.2) is 46.5 Å². The van der Waals surface area contributed by atoms with Crippen LogP contribution in [-0.4, -0.2) is 58.8 Å². The fourth-order valence-corrected chi connectivity index (χ4v) is 3.80. The van der Waals surface area contributed by atoms with Crippen LogP contribution in [0.1, 0.15) is 41.2 Å². The van der Waals surface area contributed by atoms with Crippen molar-refractivity contribution in [3.8, 4) is 0 Å². The second-order valence-corrected chi connectivity index (χ2v) is 9.27. The monoisotopic (exact) mass is 537 g/mol. The van der Waals surface area contributed by atoms with Gasteiger partial charge in [0.1, 0.15) is 11.4 Å². The molecular formula is C25H35N11O3. The van der Waals surface area contributed by atoms with Gasteiger partial charge in [-0.15, -0.1) is 0 Å². The van der Waals surface area contributed by atoms with Crippen LogP contribution in [0.5, 0.6) is 0 Å². The topological polar surface area (TPSA) is 237 Å². The Balaban J connectivity index is 1.70. The molecule has 208 valence electrons. The third kappa shape index (κ3) is 8.52. The highest BCUT2D eigenvalue weighted by molar-refractivity contribution is 6.07. The van der Waals surface area contributed by atoms with Crippen molar-refractivity contribution >= 4 is 51.9 Å². The maximum Gasteiger partial charge on any atom is 0.272 e. The van der Waals surface area contributed by atoms with Crippen molar-refractivity contribution in [2.45, 2.75) is 26.8 Å². The predicted octanol–water partition coefficient (Wildman–Crippen LogP) is 0.483. The van der Waals surface area contributed by atoms with Gasteiger partial charge < -0.3 is 48.4 Å². The van der Waals surface area contributed by atoms with Crippen molar-refractivity contribution in [2.24, 2.45) is 38.8 Å². The highest BCUT2D eigenvalue weighted by Gasteiger charge is 2.17. The number of hydrogen-bond acceptors (Lipinski definition) is 5. The Hall–Kier alpha value is -5.01. The molecule has 0 saturated carbocycles. The largest absolute Gasteiger partial charge is 0.370 e. The molecule has 0 aliphatic carbocycles. The van der Waals surface area contributed by atoms with Crippen LogP contribution in [-0.2, 0) is 11.3 Å². The smallest absolute Gasteiger partial charge is 0.272 e. The highest BCUT2D eigenvalue weighted by atomic mass is 16.2. The normalized spacial score (nSPS) is 10.7. The van der Waals surface area contributed by atoms with Gasteiger partial charge in [-0.05, 0) is 36.2 Å². The number of rotatable bonds is 12. The summed E-state index contributed by atoms with van der Waals surface area (Å²) in [5.41, 5.74) is 23.7. The minimum absolute atomic E-state index is 0.0464. The molecule has 0 bridgehead atoms. The Morgan fingerprint density at radius 2 is 1.64 bits per heavy atom. The number of hydrogen-bond donors (Lipinski definition) is 8. The quantitative estimate of drug-likeness (QED) is 0.0922. The Morgan fingerprint density at radius 1 is 0.923 bits per heavy atom. The molecule has 0 spiro atoms. The predicted molar refractivity (Wildman–Crippen MR) is 152 cm³/mol. The number of anilines is 2. The fraction of sp³-hybridized carbons (Fsp3) is 0.320. The van der Waals surface area contributed by atoms with Crippen molar-refractivity contribution in [1.82, 2.24) is 14.9 Å². The van der Waals surface area contributed by atoms with E-state index >= 15 is 0 Å². The summed E-state index contributed by atoms with van der Waals surface area (Å²) in [6.45, 7) is 5.35. The van der Waals surface area contributed by atoms with Gasteiger partial charge in [-0.2, -0.15) is 0 Å². The molecule has 3 aromatic rings. The van der Waals surface area contributed by atoms with Crippen molar-refractivity contribution in [3.63, 3.8) is 0 Å². The molecule has 2 heterocycles. The molecule has 3 rings (SSSR count). The molecular weight excluding hydrogens is 502 g/mol. The maximum atomic E-state index is 13.0. The number of carbonyl (C=O) groups is 3. The summed E-state index contributed by atoms with van der Waals surface area (Å²) in [6, 6.07) is 8.55. The highest BCUT2D eigenvalue weighted by Crippen LogP contribution is 2.22. The molecule has 3 amide bonds. The van der Waals surface area contributed by atoms with E-state index in [0.29, 0.717) is 29.3 Å². The zero-order valence-electron chi connectivity index (χ0n) is 22.0. The number of fused-ring (bicyclic) bond motifs is 1. The van der Waals surface area contributed by atoms with Crippen molar-refractivity contribution in [1.29, 1.82) is 0 Å². The van der Waals surface area contributed by atoms with Gasteiger partial charge in [0.05, 0.1) is 18.8 Å². The number of carbonyl (C=O) groups excluding carboxylic acids is 3. The molecule has 0 atom stereocenters. The zero-order valence-corrected chi connectivity index (χ0v) is 22.0. The van der Waals surface area contributed by atoms with E-state index in [2.05, 4.69) is 30.9 Å². The van der Waals surface area contributed by atoms with Crippen LogP contribution in [0.4, 0.5) is 11.4 Å². The molecule has 14 nitrogen and oxygen atoms in total. The lowest BCUT2D eigenvalue weighted by Gasteiger charge is -2.11. The number of aliphatic imine (C=N–C) groups is 2. The average molecular weight is 538 g/mol. The zero-order chi connectivity index (χ0) is 28.5. The summed E-state index contributed by atoms with van der Waals surface area (Å²) >= 11 is 0. The molecule has 0 unspecified atom stereocenters. The molecule has 0 fully saturated rings. The van der Waals surface area contributed by atoms with Gasteiger partial charge in [-0.1, -0.05) is 13.8 Å². The summed E-state index contributed by atoms with van der Waals surface area (Å²) in [4.78, 5) is 48.6. The van der Waals surface area contributed by atoms with Crippen molar-refractivity contribution in [3.05, 3.63) is 47.9 Å². The first-order valence-corrected chi connectivity index (χ1v) is 12.3. The Kier molecular flexibility index (Phi) is 9.51. The number of aromatic amines is 1. The minimum atomic E-state index is -0.379. The number of aromatic nitrogens is 2. The van der Waals surface area contributed by atoms with Gasteiger partial charge in [0, 0.05) is 42.3 Å². The molecule has 1 aromatic carbocycles. The molecule has 0 aliphatic rings. The second-order valence-electron chi connectivity index (χ2n) is 9.27. The Labute approximate surface area is 225 Å². The van der Waals surface area contributed by atoms with Gasteiger partial charge in [-0.3, -0.25) is 24.4 Å². The Morgan fingerprint density at radius 3 is 2.33 bits per heavy atom. The molecule has 0 aliphatic heterocycles. The van der Waals surface area contributed by atoms with Gasteiger partial charge in [-0.25, -0.2) is 0 Å². The molecule has 12 N–H and O–H groups in total. The number of nitrogens with two attached hydrogens (primary N) is 4. The number of guanidine groups is 2. The van der Waals surface area contributed by atoms with E-state index in [4.69, 9.17) is 22.9 Å². The van der Waals surface area contributed by atoms with Crippen LogP contribution in [0.2, 0.25) is 0 Å². The SMILES string of the molecule is CC(C)Cn1cc(NC(=O)c2cc3cc(NC(=O)CCN=C(N)N)ccc3[nH]2)cc1C(=O)NCCN=C(N)N. The van der Waals surface area contributed by atoms with E-state index < -0.39 is 0 Å². The summed E-state index contributed by atoms with van der Waals surface area (Å²) in [5.74, 6) is -0.775. The average Bonchev–Trinajstić information content (AvgIpc) is 3.44. The third-order valence-corrected chi connectivity index (χ3v) is 5.42. The van der Waals surface area contributed by atoms with Gasteiger partial charge in [0.15, 0.2) is 11.9 Å². The molecule has 0 radical (unpaired) electrons. The maximum absolute atomic E-state index is 13.0. The number of benzene rings is 1. The first-order chi connectivity index (χ1) is 18.5. The lowest BCUT2D eigenvalue weighted by atomic mass is 10.2. The van der Waals surface area contributed by atoms with E-state index in [1.165, 1.54) is 0 Å². The Bertz CT molecular complexity index is 1390. The first-order valence-electron chi connectivity index (χ1n) is 12.3. The summed E-state index contributed by atoms with van der Waals surface area (Å²) < 4.78 is 1.80. The molecule has 14 heteroatoms. The van der Waals surface area contributed by atoms with E-state index in [0.717, 1.165) is 10.9 Å². The van der Waals surface area contributed by atoms with Gasteiger partial charge in [0.25, 0.3) is 11.8 Å². The van der Waals surface area contributed by atoms with E-state index in [-0.39, 0.29) is 61.6 Å². The van der Waals surface area contributed by atoms with Crippen LogP contribution in [0.3, 0.4) is 0 Å². The summed E-state index contributed by atoms with van der Waals surface area (Å²) in [5, 5.41) is 9.13. The lowest BCUT2D eigenvalue weighted by molar-refractivity contribution is -0.116. The number of amides is 3. The third-order valence-electron chi connectivity index (χ3n) is 5.42. The van der Waals surface area contributed by atoms with Crippen molar-refractivity contribution in [2.75, 3.05) is 30.3 Å². The fourth-order valence-electron chi connectivity index (χ4n) is 3.80. The molecule has 0 saturated heterocycles. The van der Waals surface area contributed by atoms with Gasteiger partial charge in [0.2, 0.25) is 5.91 Å². The molecule has 2 aromatic heterocycles. The van der Waals surface area contributed by atoms with Crippen LogP contribution in [0.25, 0.3) is 10.9 Å². The minimum Gasteiger partial charge on any atom is -0.370 e. The lowest BCUT2D eigenvalue weighted by Crippen LogP contribution is -2.30. The summed E-state index contributed by atoms with van der Waals surface area (Å²) in [7, 11) is 0. The second kappa shape index (κ2) is 13.0. The number of H-pyrrole nitrogens is 1. The standard InChI is InChI=1S/C25H35N11O3/c1-14(2)12-36-13-17(11-20(36)23(39)30-7-8-32-25(28)29)34-22(38)19-10-15-9-16(3-4-18(15)35-19)33-21(37)5-6-31-24(26)27/h3-4,9-11,13-14,35H,5-8,12H2,1-2H3,(H,30,39)(H,33,37)(H,34,38)(H4,26,27,31)(H4,28,29,32).